The van der Waals surface area contributed by atoms with Gasteiger partial charge in [0.15, 0.2) is 6.10 Å². The molecule has 2 fully saturated rings. The summed E-state index contributed by atoms with van der Waals surface area (Å²) in [5.41, 5.74) is 0. The van der Waals surface area contributed by atoms with E-state index in [4.69, 9.17) is 21.1 Å². The predicted molar refractivity (Wildman–Crippen MR) is 106 cm³/mol. The molecule has 2 aliphatic rings. The molecule has 2 amide bonds. The molecule has 3 rings (SSSR count). The van der Waals surface area contributed by atoms with Crippen molar-refractivity contribution >= 4 is 39.3 Å². The third-order valence-corrected chi connectivity index (χ3v) is 5.88. The van der Waals surface area contributed by atoms with Crippen LogP contribution in [0.3, 0.4) is 0 Å². The summed E-state index contributed by atoms with van der Waals surface area (Å²) in [5.74, 6) is 0.709. The summed E-state index contributed by atoms with van der Waals surface area (Å²) in [6.07, 6.45) is 0.785. The standard InChI is InChI=1S/C19H24BrClN2O4/c1-13(27-17-3-2-15(21)12-16(17)20)18(24)22-6-4-14(5-7-22)19(25)23-8-10-26-11-9-23/h2-3,12-14H,4-11H2,1H3. The van der Waals surface area contributed by atoms with Crippen molar-refractivity contribution in [3.63, 3.8) is 0 Å². The zero-order valence-electron chi connectivity index (χ0n) is 15.3. The highest BCUT2D eigenvalue weighted by Crippen LogP contribution is 2.29. The summed E-state index contributed by atoms with van der Waals surface area (Å²) in [6, 6.07) is 5.20. The number of carbonyl (C=O) groups is 2. The van der Waals surface area contributed by atoms with Crippen molar-refractivity contribution in [2.24, 2.45) is 5.92 Å². The third-order valence-electron chi connectivity index (χ3n) is 5.02. The molecule has 1 atom stereocenters. The molecule has 0 bridgehead atoms. The maximum absolute atomic E-state index is 12.7. The number of likely N-dealkylation sites (tertiary alicyclic amines) is 1. The highest BCUT2D eigenvalue weighted by molar-refractivity contribution is 9.10. The normalized spacial score (nSPS) is 19.7. The number of nitrogens with zero attached hydrogens (tertiary/aromatic N) is 2. The molecule has 1 aromatic carbocycles. The van der Waals surface area contributed by atoms with Crippen LogP contribution in [0, 0.1) is 5.92 Å². The smallest absolute Gasteiger partial charge is 0.263 e. The van der Waals surface area contributed by atoms with Crippen molar-refractivity contribution in [3.05, 3.63) is 27.7 Å². The van der Waals surface area contributed by atoms with E-state index >= 15 is 0 Å². The van der Waals surface area contributed by atoms with E-state index < -0.39 is 6.10 Å². The Hall–Kier alpha value is -1.31. The second-order valence-corrected chi connectivity index (χ2v) is 8.16. The molecule has 27 heavy (non-hydrogen) atoms. The molecular formula is C19H24BrClN2O4. The lowest BCUT2D eigenvalue weighted by molar-refractivity contribution is -0.145. The van der Waals surface area contributed by atoms with Gasteiger partial charge in [0, 0.05) is 37.1 Å². The molecule has 2 heterocycles. The monoisotopic (exact) mass is 458 g/mol. The van der Waals surface area contributed by atoms with Gasteiger partial charge in [0.05, 0.1) is 17.7 Å². The maximum Gasteiger partial charge on any atom is 0.263 e. The van der Waals surface area contributed by atoms with Crippen LogP contribution in [0.4, 0.5) is 0 Å². The molecule has 2 saturated heterocycles. The van der Waals surface area contributed by atoms with Crippen LogP contribution in [-0.2, 0) is 14.3 Å². The molecule has 6 nitrogen and oxygen atoms in total. The minimum atomic E-state index is -0.603. The van der Waals surface area contributed by atoms with Crippen molar-refractivity contribution in [1.29, 1.82) is 0 Å². The zero-order chi connectivity index (χ0) is 19.4. The van der Waals surface area contributed by atoms with E-state index in [0.717, 1.165) is 0 Å². The average molecular weight is 460 g/mol. The first kappa shape index (κ1) is 20.4. The van der Waals surface area contributed by atoms with Crippen LogP contribution in [0.2, 0.25) is 5.02 Å². The largest absolute Gasteiger partial charge is 0.480 e. The summed E-state index contributed by atoms with van der Waals surface area (Å²) in [6.45, 7) is 5.45. The predicted octanol–water partition coefficient (Wildman–Crippen LogP) is 2.97. The van der Waals surface area contributed by atoms with Crippen LogP contribution < -0.4 is 4.74 Å². The van der Waals surface area contributed by atoms with E-state index in [1.165, 1.54) is 0 Å². The maximum atomic E-state index is 12.7. The number of piperidine rings is 1. The Morgan fingerprint density at radius 2 is 1.85 bits per heavy atom. The third kappa shape index (κ3) is 5.15. The Balaban J connectivity index is 1.50. The van der Waals surface area contributed by atoms with Crippen LogP contribution in [0.15, 0.2) is 22.7 Å². The molecule has 0 saturated carbocycles. The van der Waals surface area contributed by atoms with Gasteiger partial charge in [-0.25, -0.2) is 0 Å². The lowest BCUT2D eigenvalue weighted by Crippen LogP contribution is -2.49. The number of amides is 2. The minimum Gasteiger partial charge on any atom is -0.480 e. The van der Waals surface area contributed by atoms with Crippen molar-refractivity contribution in [3.8, 4) is 5.75 Å². The molecule has 1 unspecified atom stereocenters. The van der Waals surface area contributed by atoms with Crippen LogP contribution in [-0.4, -0.2) is 67.1 Å². The van der Waals surface area contributed by atoms with Crippen molar-refractivity contribution in [2.45, 2.75) is 25.9 Å². The lowest BCUT2D eigenvalue weighted by atomic mass is 9.95. The quantitative estimate of drug-likeness (QED) is 0.695. The second kappa shape index (κ2) is 9.26. The van der Waals surface area contributed by atoms with Crippen molar-refractivity contribution in [1.82, 2.24) is 9.80 Å². The number of ether oxygens (including phenoxy) is 2. The van der Waals surface area contributed by atoms with E-state index in [-0.39, 0.29) is 17.7 Å². The topological polar surface area (TPSA) is 59.1 Å². The van der Waals surface area contributed by atoms with E-state index in [1.54, 1.807) is 30.0 Å². The van der Waals surface area contributed by atoms with Gasteiger partial charge in [-0.1, -0.05) is 11.6 Å². The SMILES string of the molecule is CC(Oc1ccc(Cl)cc1Br)C(=O)N1CCC(C(=O)N2CCOCC2)CC1. The molecule has 0 N–H and O–H groups in total. The van der Waals surface area contributed by atoms with E-state index in [9.17, 15) is 9.59 Å². The van der Waals surface area contributed by atoms with Gasteiger partial charge in [-0.2, -0.15) is 0 Å². The fraction of sp³-hybridized carbons (Fsp3) is 0.579. The highest BCUT2D eigenvalue weighted by Gasteiger charge is 2.32. The lowest BCUT2D eigenvalue weighted by Gasteiger charge is -2.36. The average Bonchev–Trinajstić information content (AvgIpc) is 2.69. The first-order valence-electron chi connectivity index (χ1n) is 9.22. The Morgan fingerprint density at radius 3 is 2.48 bits per heavy atom. The first-order chi connectivity index (χ1) is 13.0. The summed E-state index contributed by atoms with van der Waals surface area (Å²) < 4.78 is 11.8. The Kier molecular flexibility index (Phi) is 7.00. The number of rotatable bonds is 4. The molecule has 8 heteroatoms. The molecule has 0 radical (unpaired) electrons. The second-order valence-electron chi connectivity index (χ2n) is 6.87. The van der Waals surface area contributed by atoms with E-state index in [0.29, 0.717) is 67.5 Å². The van der Waals surface area contributed by atoms with Gasteiger partial charge in [-0.3, -0.25) is 9.59 Å². The number of carbonyl (C=O) groups excluding carboxylic acids is 2. The van der Waals surface area contributed by atoms with Gasteiger partial charge in [-0.05, 0) is 53.9 Å². The van der Waals surface area contributed by atoms with Crippen molar-refractivity contribution < 1.29 is 19.1 Å². The van der Waals surface area contributed by atoms with Crippen LogP contribution >= 0.6 is 27.5 Å². The summed E-state index contributed by atoms with van der Waals surface area (Å²) in [7, 11) is 0. The fourth-order valence-electron chi connectivity index (χ4n) is 3.46. The van der Waals surface area contributed by atoms with E-state index in [1.807, 2.05) is 4.90 Å². The van der Waals surface area contributed by atoms with Gasteiger partial charge < -0.3 is 19.3 Å². The number of benzene rings is 1. The molecule has 0 aliphatic carbocycles. The number of hydrogen-bond donors (Lipinski definition) is 0. The first-order valence-corrected chi connectivity index (χ1v) is 10.4. The minimum absolute atomic E-state index is 0.00576. The molecule has 148 valence electrons. The highest BCUT2D eigenvalue weighted by atomic mass is 79.9. The van der Waals surface area contributed by atoms with Gasteiger partial charge in [0.25, 0.3) is 5.91 Å². The molecular weight excluding hydrogens is 436 g/mol. The van der Waals surface area contributed by atoms with Gasteiger partial charge >= 0.3 is 0 Å². The van der Waals surface area contributed by atoms with E-state index in [2.05, 4.69) is 15.9 Å². The fourth-order valence-corrected chi connectivity index (χ4v) is 4.23. The van der Waals surface area contributed by atoms with Gasteiger partial charge in [0.2, 0.25) is 5.91 Å². The number of morpholine rings is 1. The summed E-state index contributed by atoms with van der Waals surface area (Å²) in [4.78, 5) is 29.0. The van der Waals surface area contributed by atoms with Crippen LogP contribution in [0.25, 0.3) is 0 Å². The number of halogens is 2. The Labute approximate surface area is 172 Å². The molecule has 1 aromatic rings. The summed E-state index contributed by atoms with van der Waals surface area (Å²) >= 11 is 9.33. The molecule has 2 aliphatic heterocycles. The van der Waals surface area contributed by atoms with Gasteiger partial charge in [-0.15, -0.1) is 0 Å². The van der Waals surface area contributed by atoms with Gasteiger partial charge in [0.1, 0.15) is 5.75 Å². The molecule has 0 spiro atoms. The zero-order valence-corrected chi connectivity index (χ0v) is 17.7. The molecule has 0 aromatic heterocycles. The Bertz CT molecular complexity index is 688. The number of hydrogen-bond acceptors (Lipinski definition) is 4. The van der Waals surface area contributed by atoms with Crippen LogP contribution in [0.5, 0.6) is 5.75 Å². The Morgan fingerprint density at radius 1 is 1.19 bits per heavy atom. The van der Waals surface area contributed by atoms with Crippen molar-refractivity contribution in [2.75, 3.05) is 39.4 Å². The van der Waals surface area contributed by atoms with Crippen LogP contribution in [0.1, 0.15) is 19.8 Å². The summed E-state index contributed by atoms with van der Waals surface area (Å²) in [5, 5.41) is 0.597.